The zero-order valence-corrected chi connectivity index (χ0v) is 16.2. The molecular formula is C21H25FN5O+. The fraction of sp³-hybridized carbons (Fsp3) is 0.476. The van der Waals surface area contributed by atoms with Crippen LogP contribution in [0.1, 0.15) is 24.8 Å². The van der Waals surface area contributed by atoms with Crippen LogP contribution in [0.3, 0.4) is 0 Å². The summed E-state index contributed by atoms with van der Waals surface area (Å²) in [6, 6.07) is 6.58. The largest absolute Gasteiger partial charge is 0.339 e. The second kappa shape index (κ2) is 7.36. The van der Waals surface area contributed by atoms with Gasteiger partial charge in [-0.15, -0.1) is 0 Å². The summed E-state index contributed by atoms with van der Waals surface area (Å²) < 4.78 is 18.5. The van der Waals surface area contributed by atoms with Crippen molar-refractivity contribution in [1.29, 1.82) is 5.26 Å². The Morgan fingerprint density at radius 2 is 2.32 bits per heavy atom. The predicted molar refractivity (Wildman–Crippen MR) is 101 cm³/mol. The number of hydrogen-bond acceptors (Lipinski definition) is 3. The van der Waals surface area contributed by atoms with Gasteiger partial charge in [-0.3, -0.25) is 4.79 Å². The molecule has 1 aliphatic carbocycles. The highest BCUT2D eigenvalue weighted by Gasteiger charge is 2.43. The summed E-state index contributed by atoms with van der Waals surface area (Å²) in [5, 5.41) is 15.6. The molecule has 2 aromatic rings. The fourth-order valence-corrected chi connectivity index (χ4v) is 4.56. The topological polar surface area (TPSA) is 73.7 Å². The van der Waals surface area contributed by atoms with Crippen LogP contribution < -0.4 is 15.2 Å². The molecule has 1 saturated heterocycles. The standard InChI is InChI=1S/C21H24FN5O/c1-26-11-19(27(2)12-26)14-4-3-13(18(22)9-14)7-17(10-23)25-21(28)20-15-5-6-16(8-15)24-20/h3-4,9,11-12,15-17,20,24H,5-8H2,1-2H3/p+1/t15-,16+,17-,20-/m0/s1. The predicted octanol–water partition coefficient (Wildman–Crippen LogP) is 1.35. The lowest BCUT2D eigenvalue weighted by Gasteiger charge is -2.23. The van der Waals surface area contributed by atoms with Crippen molar-refractivity contribution in [2.75, 3.05) is 0 Å². The SMILES string of the molecule is Cn1c[n+](C)cc1-c1ccc(C[C@@H](C#N)NC(=O)[C@H]2N[C@@H]3CC[C@H]2C3)c(F)c1. The van der Waals surface area contributed by atoms with Crippen LogP contribution in [0.2, 0.25) is 0 Å². The average molecular weight is 382 g/mol. The van der Waals surface area contributed by atoms with Gasteiger partial charge in [0, 0.05) is 18.0 Å². The number of aryl methyl sites for hydroxylation is 2. The summed E-state index contributed by atoms with van der Waals surface area (Å²) in [7, 11) is 3.82. The van der Waals surface area contributed by atoms with Gasteiger partial charge in [0.25, 0.3) is 0 Å². The first kappa shape index (κ1) is 18.6. The van der Waals surface area contributed by atoms with Gasteiger partial charge in [-0.2, -0.15) is 5.26 Å². The fourth-order valence-electron chi connectivity index (χ4n) is 4.56. The van der Waals surface area contributed by atoms with Gasteiger partial charge in [-0.1, -0.05) is 12.1 Å². The third-order valence-electron chi connectivity index (χ3n) is 5.95. The molecule has 4 rings (SSSR count). The lowest BCUT2D eigenvalue weighted by molar-refractivity contribution is -0.670. The zero-order chi connectivity index (χ0) is 19.8. The van der Waals surface area contributed by atoms with Crippen molar-refractivity contribution in [2.45, 2.75) is 43.8 Å². The van der Waals surface area contributed by atoms with Crippen LogP contribution in [0.4, 0.5) is 4.39 Å². The Morgan fingerprint density at radius 3 is 2.89 bits per heavy atom. The van der Waals surface area contributed by atoms with Crippen molar-refractivity contribution in [1.82, 2.24) is 15.2 Å². The van der Waals surface area contributed by atoms with Crippen molar-refractivity contribution < 1.29 is 13.8 Å². The minimum atomic E-state index is -0.749. The average Bonchev–Trinajstić information content (AvgIpc) is 3.38. The molecule has 1 aromatic carbocycles. The number of halogens is 1. The van der Waals surface area contributed by atoms with Crippen molar-refractivity contribution in [3.05, 3.63) is 42.1 Å². The number of amides is 1. The number of piperidine rings is 1. The van der Waals surface area contributed by atoms with E-state index in [9.17, 15) is 14.4 Å². The van der Waals surface area contributed by atoms with E-state index in [1.807, 2.05) is 41.8 Å². The number of nitriles is 1. The Bertz CT molecular complexity index is 947. The highest BCUT2D eigenvalue weighted by atomic mass is 19.1. The molecule has 1 aromatic heterocycles. The van der Waals surface area contributed by atoms with E-state index in [1.165, 1.54) is 6.07 Å². The Morgan fingerprint density at radius 1 is 1.50 bits per heavy atom. The lowest BCUT2D eigenvalue weighted by Crippen LogP contribution is -2.50. The van der Waals surface area contributed by atoms with Gasteiger partial charge in [0.2, 0.25) is 12.2 Å². The number of hydrogen-bond donors (Lipinski definition) is 2. The number of rotatable bonds is 5. The Balaban J connectivity index is 1.44. The lowest BCUT2D eigenvalue weighted by atomic mass is 9.98. The van der Waals surface area contributed by atoms with E-state index < -0.39 is 6.04 Å². The van der Waals surface area contributed by atoms with E-state index in [2.05, 4.69) is 16.7 Å². The van der Waals surface area contributed by atoms with Crippen LogP contribution in [-0.2, 0) is 25.3 Å². The molecule has 6 nitrogen and oxygen atoms in total. The summed E-state index contributed by atoms with van der Waals surface area (Å²) in [5.74, 6) is -0.159. The Labute approximate surface area is 164 Å². The Kier molecular flexibility index (Phi) is 4.90. The first-order chi connectivity index (χ1) is 13.4. The summed E-state index contributed by atoms with van der Waals surface area (Å²) in [6.07, 6.45) is 7.19. The second-order valence-corrected chi connectivity index (χ2v) is 8.02. The minimum Gasteiger partial charge on any atom is -0.339 e. The highest BCUT2D eigenvalue weighted by Crippen LogP contribution is 2.35. The normalized spacial score (nSPS) is 24.1. The molecule has 0 unspecified atom stereocenters. The number of carbonyl (C=O) groups excluding carboxylic acids is 1. The monoisotopic (exact) mass is 382 g/mol. The number of nitrogens with zero attached hydrogens (tertiary/aromatic N) is 3. The molecule has 1 aliphatic heterocycles. The van der Waals surface area contributed by atoms with Crippen molar-refractivity contribution in [3.8, 4) is 17.3 Å². The van der Waals surface area contributed by atoms with Gasteiger partial charge in [0.1, 0.15) is 18.1 Å². The molecule has 2 heterocycles. The molecule has 2 aliphatic rings. The third kappa shape index (κ3) is 3.52. The molecule has 2 bridgehead atoms. The smallest absolute Gasteiger partial charge is 0.243 e. The van der Waals surface area contributed by atoms with Gasteiger partial charge < -0.3 is 10.6 Å². The van der Waals surface area contributed by atoms with Crippen molar-refractivity contribution >= 4 is 5.91 Å². The molecule has 1 saturated carbocycles. The molecule has 146 valence electrons. The van der Waals surface area contributed by atoms with E-state index in [0.717, 1.165) is 30.5 Å². The molecule has 4 atom stereocenters. The molecule has 1 amide bonds. The van der Waals surface area contributed by atoms with E-state index in [0.29, 0.717) is 17.5 Å². The number of carbonyl (C=O) groups is 1. The quantitative estimate of drug-likeness (QED) is 0.767. The van der Waals surface area contributed by atoms with Crippen LogP contribution in [0.25, 0.3) is 11.3 Å². The molecule has 7 heteroatoms. The van der Waals surface area contributed by atoms with E-state index in [1.54, 1.807) is 6.07 Å². The third-order valence-corrected chi connectivity index (χ3v) is 5.95. The first-order valence-corrected chi connectivity index (χ1v) is 9.71. The maximum absolute atomic E-state index is 14.7. The summed E-state index contributed by atoms with van der Waals surface area (Å²) in [5.41, 5.74) is 2.10. The summed E-state index contributed by atoms with van der Waals surface area (Å²) >= 11 is 0. The van der Waals surface area contributed by atoms with Crippen molar-refractivity contribution in [3.63, 3.8) is 0 Å². The van der Waals surface area contributed by atoms with Crippen LogP contribution in [0, 0.1) is 23.1 Å². The van der Waals surface area contributed by atoms with Crippen LogP contribution >= 0.6 is 0 Å². The van der Waals surface area contributed by atoms with Crippen LogP contribution in [0.15, 0.2) is 30.7 Å². The zero-order valence-electron chi connectivity index (χ0n) is 16.2. The number of nitrogens with one attached hydrogen (secondary N) is 2. The van der Waals surface area contributed by atoms with Gasteiger partial charge >= 0.3 is 0 Å². The minimum absolute atomic E-state index is 0.146. The molecule has 28 heavy (non-hydrogen) atoms. The number of aromatic nitrogens is 2. The van der Waals surface area contributed by atoms with Gasteiger partial charge in [0.15, 0.2) is 5.69 Å². The van der Waals surface area contributed by atoms with Crippen LogP contribution in [-0.4, -0.2) is 28.6 Å². The van der Waals surface area contributed by atoms with Gasteiger partial charge in [-0.05, 0) is 36.8 Å². The second-order valence-electron chi connectivity index (χ2n) is 8.02. The Hall–Kier alpha value is -2.72. The maximum atomic E-state index is 14.7. The molecule has 0 radical (unpaired) electrons. The first-order valence-electron chi connectivity index (χ1n) is 9.71. The van der Waals surface area contributed by atoms with Crippen LogP contribution in [0.5, 0.6) is 0 Å². The van der Waals surface area contributed by atoms with E-state index in [-0.39, 0.29) is 24.2 Å². The van der Waals surface area contributed by atoms with Gasteiger partial charge in [0.05, 0.1) is 26.2 Å². The van der Waals surface area contributed by atoms with Gasteiger partial charge in [-0.25, -0.2) is 13.5 Å². The molecule has 2 fully saturated rings. The molecule has 0 spiro atoms. The summed E-state index contributed by atoms with van der Waals surface area (Å²) in [6.45, 7) is 0. The summed E-state index contributed by atoms with van der Waals surface area (Å²) in [4.78, 5) is 12.5. The van der Waals surface area contributed by atoms with E-state index in [4.69, 9.17) is 0 Å². The highest BCUT2D eigenvalue weighted by molar-refractivity contribution is 5.83. The molecular weight excluding hydrogens is 357 g/mol. The molecule has 2 N–H and O–H groups in total. The number of benzene rings is 1. The van der Waals surface area contributed by atoms with E-state index >= 15 is 0 Å². The number of fused-ring (bicyclic) bond motifs is 2. The maximum Gasteiger partial charge on any atom is 0.243 e. The number of imidazole rings is 1. The van der Waals surface area contributed by atoms with Crippen molar-refractivity contribution in [2.24, 2.45) is 20.0 Å².